The van der Waals surface area contributed by atoms with Crippen LogP contribution in [0.4, 0.5) is 4.79 Å². The Labute approximate surface area is 124 Å². The van der Waals surface area contributed by atoms with E-state index in [9.17, 15) is 4.79 Å². The summed E-state index contributed by atoms with van der Waals surface area (Å²) >= 11 is 2.08. The summed E-state index contributed by atoms with van der Waals surface area (Å²) in [6, 6.07) is 5.27. The van der Waals surface area contributed by atoms with Crippen molar-refractivity contribution < 1.29 is 9.53 Å². The largest absolute Gasteiger partial charge is 0.443 e. The van der Waals surface area contributed by atoms with E-state index >= 15 is 0 Å². The fourth-order valence-corrected chi connectivity index (χ4v) is 2.27. The Balaban J connectivity index is 2.52. The van der Waals surface area contributed by atoms with Gasteiger partial charge in [0.05, 0.1) is 9.09 Å². The minimum absolute atomic E-state index is 0.326. The molecule has 0 unspecified atom stereocenters. The highest BCUT2D eigenvalue weighted by atomic mass is 127. The van der Waals surface area contributed by atoms with Gasteiger partial charge in [-0.25, -0.2) is 14.3 Å². The highest BCUT2D eigenvalue weighted by molar-refractivity contribution is 14.1. The molecule has 0 aromatic carbocycles. The van der Waals surface area contributed by atoms with E-state index in [1.807, 2.05) is 26.8 Å². The third-order valence-corrected chi connectivity index (χ3v) is 3.10. The molecule has 19 heavy (non-hydrogen) atoms. The Bertz CT molecular complexity index is 692. The third-order valence-electron chi connectivity index (χ3n) is 2.31. The summed E-state index contributed by atoms with van der Waals surface area (Å²) in [6.07, 6.45) is 1.21. The van der Waals surface area contributed by atoms with E-state index in [4.69, 9.17) is 10.00 Å². The number of rotatable bonds is 0. The minimum Gasteiger partial charge on any atom is -0.443 e. The van der Waals surface area contributed by atoms with Crippen LogP contribution in [0.3, 0.4) is 0 Å². The van der Waals surface area contributed by atoms with Gasteiger partial charge < -0.3 is 4.74 Å². The lowest BCUT2D eigenvalue weighted by atomic mass is 10.2. The standard InChI is InChI=1S/C13H12IN3O2/c1-13(2,3)19-12(18)17-7-9(14)11-10(17)5-4-8(6-15)16-11/h4-5,7H,1-3H3. The summed E-state index contributed by atoms with van der Waals surface area (Å²) in [5.74, 6) is 0. The Kier molecular flexibility index (Phi) is 3.49. The van der Waals surface area contributed by atoms with E-state index in [1.165, 1.54) is 4.57 Å². The van der Waals surface area contributed by atoms with E-state index in [1.54, 1.807) is 18.3 Å². The van der Waals surface area contributed by atoms with Gasteiger partial charge in [-0.15, -0.1) is 0 Å². The molecule has 98 valence electrons. The number of nitrogens with zero attached hydrogens (tertiary/aromatic N) is 3. The number of ether oxygens (including phenoxy) is 1. The van der Waals surface area contributed by atoms with Gasteiger partial charge in [0.2, 0.25) is 0 Å². The van der Waals surface area contributed by atoms with Gasteiger partial charge >= 0.3 is 6.09 Å². The molecule has 0 N–H and O–H groups in total. The van der Waals surface area contributed by atoms with Crippen LogP contribution < -0.4 is 0 Å². The van der Waals surface area contributed by atoms with Gasteiger partial charge in [0.1, 0.15) is 22.9 Å². The molecular weight excluding hydrogens is 357 g/mol. The summed E-state index contributed by atoms with van der Waals surface area (Å²) in [4.78, 5) is 16.3. The van der Waals surface area contributed by atoms with Crippen LogP contribution in [0.15, 0.2) is 18.3 Å². The Hall–Kier alpha value is -1.62. The molecule has 0 amide bonds. The molecule has 5 nitrogen and oxygen atoms in total. The lowest BCUT2D eigenvalue weighted by Gasteiger charge is -2.19. The quantitative estimate of drug-likeness (QED) is 0.669. The molecule has 0 fully saturated rings. The molecule has 0 aliphatic rings. The minimum atomic E-state index is -0.556. The molecule has 0 atom stereocenters. The zero-order valence-electron chi connectivity index (χ0n) is 10.8. The number of pyridine rings is 1. The normalized spacial score (nSPS) is 11.3. The third kappa shape index (κ3) is 2.87. The fourth-order valence-electron chi connectivity index (χ4n) is 1.59. The summed E-state index contributed by atoms with van der Waals surface area (Å²) in [5.41, 5.74) is 1.04. The molecule has 0 radical (unpaired) electrons. The van der Waals surface area contributed by atoms with Crippen LogP contribution in [-0.2, 0) is 4.74 Å². The van der Waals surface area contributed by atoms with Crippen LogP contribution >= 0.6 is 22.6 Å². The van der Waals surface area contributed by atoms with E-state index in [0.717, 1.165) is 3.57 Å². The van der Waals surface area contributed by atoms with Crippen LogP contribution in [-0.4, -0.2) is 21.2 Å². The monoisotopic (exact) mass is 369 g/mol. The zero-order chi connectivity index (χ0) is 14.2. The molecule has 0 bridgehead atoms. The molecule has 2 aromatic heterocycles. The van der Waals surface area contributed by atoms with Gasteiger partial charge in [0.25, 0.3) is 0 Å². The Morgan fingerprint density at radius 2 is 2.16 bits per heavy atom. The second kappa shape index (κ2) is 4.81. The smallest absolute Gasteiger partial charge is 0.419 e. The summed E-state index contributed by atoms with van der Waals surface area (Å²) < 4.78 is 7.54. The Morgan fingerprint density at radius 3 is 2.74 bits per heavy atom. The number of halogens is 1. The van der Waals surface area contributed by atoms with Crippen molar-refractivity contribution in [3.8, 4) is 6.07 Å². The molecule has 0 aliphatic heterocycles. The van der Waals surface area contributed by atoms with Crippen molar-refractivity contribution in [2.24, 2.45) is 0 Å². The van der Waals surface area contributed by atoms with Crippen LogP contribution in [0, 0.1) is 14.9 Å². The second-order valence-electron chi connectivity index (χ2n) is 5.00. The molecule has 2 rings (SSSR count). The van der Waals surface area contributed by atoms with Crippen molar-refractivity contribution in [1.82, 2.24) is 9.55 Å². The SMILES string of the molecule is CC(C)(C)OC(=O)n1cc(I)c2nc(C#N)ccc21. The van der Waals surface area contributed by atoms with Gasteiger partial charge in [0, 0.05) is 6.20 Å². The number of hydrogen-bond acceptors (Lipinski definition) is 4. The lowest BCUT2D eigenvalue weighted by molar-refractivity contribution is 0.0544. The van der Waals surface area contributed by atoms with Crippen molar-refractivity contribution in [2.45, 2.75) is 26.4 Å². The van der Waals surface area contributed by atoms with Crippen molar-refractivity contribution in [3.63, 3.8) is 0 Å². The van der Waals surface area contributed by atoms with Crippen molar-refractivity contribution >= 4 is 39.7 Å². The predicted molar refractivity (Wildman–Crippen MR) is 78.8 cm³/mol. The molecule has 0 aliphatic carbocycles. The second-order valence-corrected chi connectivity index (χ2v) is 6.17. The molecule has 2 heterocycles. The van der Waals surface area contributed by atoms with Gasteiger partial charge in [-0.05, 0) is 55.5 Å². The topological polar surface area (TPSA) is 67.9 Å². The highest BCUT2D eigenvalue weighted by Crippen LogP contribution is 2.22. The van der Waals surface area contributed by atoms with Crippen molar-refractivity contribution in [2.75, 3.05) is 0 Å². The first kappa shape index (κ1) is 13.8. The number of hydrogen-bond donors (Lipinski definition) is 0. The molecule has 0 spiro atoms. The fraction of sp³-hybridized carbons (Fsp3) is 0.308. The van der Waals surface area contributed by atoms with Gasteiger partial charge in [0.15, 0.2) is 0 Å². The van der Waals surface area contributed by atoms with E-state index in [0.29, 0.717) is 16.7 Å². The van der Waals surface area contributed by atoms with Crippen LogP contribution in [0.2, 0.25) is 0 Å². The lowest BCUT2D eigenvalue weighted by Crippen LogP contribution is -2.26. The summed E-state index contributed by atoms with van der Waals surface area (Å²) in [6.45, 7) is 5.44. The maximum Gasteiger partial charge on any atom is 0.419 e. The van der Waals surface area contributed by atoms with Crippen LogP contribution in [0.5, 0.6) is 0 Å². The van der Waals surface area contributed by atoms with Crippen molar-refractivity contribution in [3.05, 3.63) is 27.6 Å². The average molecular weight is 369 g/mol. The zero-order valence-corrected chi connectivity index (χ0v) is 12.9. The number of aromatic nitrogens is 2. The maximum absolute atomic E-state index is 12.1. The van der Waals surface area contributed by atoms with E-state index in [2.05, 4.69) is 27.6 Å². The first-order chi connectivity index (χ1) is 8.81. The highest BCUT2D eigenvalue weighted by Gasteiger charge is 2.20. The number of fused-ring (bicyclic) bond motifs is 1. The average Bonchev–Trinajstić information content (AvgIpc) is 2.64. The number of carbonyl (C=O) groups is 1. The summed E-state index contributed by atoms with van der Waals surface area (Å²) in [5, 5.41) is 8.84. The predicted octanol–water partition coefficient (Wildman–Crippen LogP) is 3.30. The molecule has 6 heteroatoms. The summed E-state index contributed by atoms with van der Waals surface area (Å²) in [7, 11) is 0. The van der Waals surface area contributed by atoms with E-state index in [-0.39, 0.29) is 0 Å². The first-order valence-electron chi connectivity index (χ1n) is 5.63. The molecular formula is C13H12IN3O2. The van der Waals surface area contributed by atoms with Crippen molar-refractivity contribution in [1.29, 1.82) is 5.26 Å². The van der Waals surface area contributed by atoms with Crippen LogP contribution in [0.1, 0.15) is 26.5 Å². The first-order valence-corrected chi connectivity index (χ1v) is 6.71. The number of nitriles is 1. The maximum atomic E-state index is 12.1. The Morgan fingerprint density at radius 1 is 1.47 bits per heavy atom. The molecule has 2 aromatic rings. The molecule has 0 saturated heterocycles. The number of carbonyl (C=O) groups excluding carboxylic acids is 1. The van der Waals surface area contributed by atoms with Gasteiger partial charge in [-0.1, -0.05) is 0 Å². The van der Waals surface area contributed by atoms with Crippen LogP contribution in [0.25, 0.3) is 11.0 Å². The van der Waals surface area contributed by atoms with Gasteiger partial charge in [-0.3, -0.25) is 0 Å². The molecule has 0 saturated carbocycles. The van der Waals surface area contributed by atoms with Gasteiger partial charge in [-0.2, -0.15) is 5.26 Å². The van der Waals surface area contributed by atoms with E-state index < -0.39 is 11.7 Å².